The maximum absolute atomic E-state index is 12.1. The Morgan fingerprint density at radius 3 is 2.18 bits per heavy atom. The normalized spacial score (nSPS) is 25.6. The summed E-state index contributed by atoms with van der Waals surface area (Å²) in [7, 11) is -3.47. The number of nitrogens with one attached hydrogen (secondary N) is 1. The van der Waals surface area contributed by atoms with Crippen molar-refractivity contribution in [1.29, 1.82) is 5.26 Å². The summed E-state index contributed by atoms with van der Waals surface area (Å²) in [5.41, 5.74) is -0.861. The Hall–Kier alpha value is -0.640. The van der Waals surface area contributed by atoms with Gasteiger partial charge in [0.25, 0.3) is 10.2 Å². The molecule has 2 fully saturated rings. The van der Waals surface area contributed by atoms with Crippen molar-refractivity contribution in [2.45, 2.75) is 50.5 Å². The highest BCUT2D eigenvalue weighted by atomic mass is 32.2. The summed E-state index contributed by atoms with van der Waals surface area (Å²) in [5.74, 6) is 0. The van der Waals surface area contributed by atoms with Crippen molar-refractivity contribution < 1.29 is 8.42 Å². The van der Waals surface area contributed by atoms with Gasteiger partial charge in [-0.2, -0.15) is 22.7 Å². The van der Waals surface area contributed by atoms with Crippen LogP contribution in [0.15, 0.2) is 0 Å². The first-order chi connectivity index (χ1) is 8.08. The standard InChI is InChI=1S/C11H19N3O2S/c12-10-11(6-2-1-3-7-11)13-17(15,16)14-8-4-5-9-14/h13H,1-9H2. The highest BCUT2D eigenvalue weighted by molar-refractivity contribution is 7.87. The molecule has 2 aliphatic rings. The van der Waals surface area contributed by atoms with Crippen molar-refractivity contribution in [1.82, 2.24) is 9.03 Å². The molecule has 1 aliphatic carbocycles. The van der Waals surface area contributed by atoms with E-state index in [0.717, 1.165) is 32.1 Å². The minimum Gasteiger partial charge on any atom is -0.196 e. The topological polar surface area (TPSA) is 73.2 Å². The van der Waals surface area contributed by atoms with E-state index in [1.807, 2.05) is 0 Å². The van der Waals surface area contributed by atoms with E-state index in [-0.39, 0.29) is 0 Å². The van der Waals surface area contributed by atoms with Gasteiger partial charge in [-0.1, -0.05) is 19.3 Å². The smallest absolute Gasteiger partial charge is 0.196 e. The van der Waals surface area contributed by atoms with Crippen LogP contribution in [0.1, 0.15) is 44.9 Å². The van der Waals surface area contributed by atoms with E-state index >= 15 is 0 Å². The highest BCUT2D eigenvalue weighted by Crippen LogP contribution is 2.29. The number of nitrogens with zero attached hydrogens (tertiary/aromatic N) is 2. The van der Waals surface area contributed by atoms with Crippen molar-refractivity contribution in [3.05, 3.63) is 0 Å². The summed E-state index contributed by atoms with van der Waals surface area (Å²) >= 11 is 0. The molecular weight excluding hydrogens is 238 g/mol. The van der Waals surface area contributed by atoms with Gasteiger partial charge < -0.3 is 0 Å². The lowest BCUT2D eigenvalue weighted by molar-refractivity contribution is 0.327. The largest absolute Gasteiger partial charge is 0.280 e. The molecule has 6 heteroatoms. The lowest BCUT2D eigenvalue weighted by Crippen LogP contribution is -2.53. The lowest BCUT2D eigenvalue weighted by atomic mass is 9.84. The van der Waals surface area contributed by atoms with E-state index < -0.39 is 15.7 Å². The van der Waals surface area contributed by atoms with E-state index in [2.05, 4.69) is 10.8 Å². The van der Waals surface area contributed by atoms with Crippen molar-refractivity contribution in [2.24, 2.45) is 0 Å². The molecule has 0 spiro atoms. The average molecular weight is 257 g/mol. The predicted molar refractivity (Wildman–Crippen MR) is 64.3 cm³/mol. The van der Waals surface area contributed by atoms with Gasteiger partial charge in [0.15, 0.2) is 0 Å². The zero-order valence-electron chi connectivity index (χ0n) is 9.98. The molecule has 0 aromatic rings. The molecule has 17 heavy (non-hydrogen) atoms. The summed E-state index contributed by atoms with van der Waals surface area (Å²) < 4.78 is 28.4. The van der Waals surface area contributed by atoms with Crippen LogP contribution in [0.3, 0.4) is 0 Å². The van der Waals surface area contributed by atoms with Crippen LogP contribution in [0.5, 0.6) is 0 Å². The minimum atomic E-state index is -3.47. The van der Waals surface area contributed by atoms with Crippen LogP contribution < -0.4 is 4.72 Å². The molecule has 2 rings (SSSR count). The second-order valence-electron chi connectivity index (χ2n) is 4.97. The fraction of sp³-hybridized carbons (Fsp3) is 0.909. The van der Waals surface area contributed by atoms with Crippen molar-refractivity contribution in [3.63, 3.8) is 0 Å². The maximum Gasteiger partial charge on any atom is 0.280 e. The van der Waals surface area contributed by atoms with Crippen LogP contribution in [0.4, 0.5) is 0 Å². The van der Waals surface area contributed by atoms with Crippen LogP contribution in [0, 0.1) is 11.3 Å². The number of nitriles is 1. The van der Waals surface area contributed by atoms with Crippen molar-refractivity contribution in [2.75, 3.05) is 13.1 Å². The van der Waals surface area contributed by atoms with Gasteiger partial charge in [0, 0.05) is 13.1 Å². The van der Waals surface area contributed by atoms with Gasteiger partial charge in [-0.25, -0.2) is 0 Å². The molecule has 0 amide bonds. The Bertz CT molecular complexity index is 401. The highest BCUT2D eigenvalue weighted by Gasteiger charge is 2.38. The first kappa shape index (κ1) is 12.8. The monoisotopic (exact) mass is 257 g/mol. The quantitative estimate of drug-likeness (QED) is 0.824. The third-order valence-corrected chi connectivity index (χ3v) is 5.34. The fourth-order valence-corrected chi connectivity index (χ4v) is 4.24. The molecule has 0 unspecified atom stereocenters. The Morgan fingerprint density at radius 1 is 1.06 bits per heavy atom. The van der Waals surface area contributed by atoms with Gasteiger partial charge in [0.05, 0.1) is 6.07 Å². The van der Waals surface area contributed by atoms with Crippen LogP contribution in [0.25, 0.3) is 0 Å². The van der Waals surface area contributed by atoms with E-state index in [1.54, 1.807) is 0 Å². The molecule has 0 aromatic carbocycles. The van der Waals surface area contributed by atoms with Crippen molar-refractivity contribution >= 4 is 10.2 Å². The second-order valence-corrected chi connectivity index (χ2v) is 6.64. The SMILES string of the molecule is N#CC1(NS(=O)(=O)N2CCCC2)CCCCC1. The van der Waals surface area contributed by atoms with Crippen LogP contribution in [-0.4, -0.2) is 31.4 Å². The summed E-state index contributed by atoms with van der Waals surface area (Å²) in [4.78, 5) is 0. The molecule has 0 radical (unpaired) electrons. The molecule has 1 N–H and O–H groups in total. The fourth-order valence-electron chi connectivity index (χ4n) is 2.63. The molecule has 1 saturated carbocycles. The van der Waals surface area contributed by atoms with Gasteiger partial charge >= 0.3 is 0 Å². The first-order valence-electron chi connectivity index (χ1n) is 6.28. The Morgan fingerprint density at radius 2 is 1.65 bits per heavy atom. The number of hydrogen-bond donors (Lipinski definition) is 1. The Kier molecular flexibility index (Phi) is 3.71. The Balaban J connectivity index is 2.10. The van der Waals surface area contributed by atoms with Crippen LogP contribution in [0.2, 0.25) is 0 Å². The van der Waals surface area contributed by atoms with Gasteiger partial charge in [0.2, 0.25) is 0 Å². The molecule has 0 atom stereocenters. The van der Waals surface area contributed by atoms with E-state index in [0.29, 0.717) is 25.9 Å². The van der Waals surface area contributed by atoms with E-state index in [9.17, 15) is 13.7 Å². The molecule has 1 aliphatic heterocycles. The summed E-state index contributed by atoms with van der Waals surface area (Å²) in [6, 6.07) is 2.18. The molecule has 5 nitrogen and oxygen atoms in total. The van der Waals surface area contributed by atoms with Crippen LogP contribution >= 0.6 is 0 Å². The minimum absolute atomic E-state index is 0.580. The summed E-state index contributed by atoms with van der Waals surface area (Å²) in [6.07, 6.45) is 6.05. The van der Waals surface area contributed by atoms with E-state index in [1.165, 1.54) is 4.31 Å². The zero-order valence-corrected chi connectivity index (χ0v) is 10.8. The number of rotatable bonds is 3. The maximum atomic E-state index is 12.1. The molecule has 1 saturated heterocycles. The Labute approximate surface area is 103 Å². The number of hydrogen-bond acceptors (Lipinski definition) is 3. The summed E-state index contributed by atoms with van der Waals surface area (Å²) in [6.45, 7) is 1.16. The van der Waals surface area contributed by atoms with Gasteiger partial charge in [0.1, 0.15) is 5.54 Å². The molecule has 96 valence electrons. The molecule has 0 aromatic heterocycles. The van der Waals surface area contributed by atoms with Crippen molar-refractivity contribution in [3.8, 4) is 6.07 Å². The lowest BCUT2D eigenvalue weighted by Gasteiger charge is -2.32. The molecular formula is C11H19N3O2S. The molecule has 1 heterocycles. The third-order valence-electron chi connectivity index (χ3n) is 3.65. The molecule has 0 bridgehead atoms. The van der Waals surface area contributed by atoms with Gasteiger partial charge in [-0.05, 0) is 25.7 Å². The van der Waals surface area contributed by atoms with Gasteiger partial charge in [-0.3, -0.25) is 0 Å². The summed E-state index contributed by atoms with van der Waals surface area (Å²) in [5, 5.41) is 9.25. The first-order valence-corrected chi connectivity index (χ1v) is 7.72. The third kappa shape index (κ3) is 2.79. The zero-order chi connectivity index (χ0) is 12.4. The predicted octanol–water partition coefficient (Wildman–Crippen LogP) is 1.14. The van der Waals surface area contributed by atoms with Gasteiger partial charge in [-0.15, -0.1) is 0 Å². The second kappa shape index (κ2) is 4.92. The average Bonchev–Trinajstić information content (AvgIpc) is 2.84. The van der Waals surface area contributed by atoms with Crippen LogP contribution in [-0.2, 0) is 10.2 Å². The van der Waals surface area contributed by atoms with E-state index in [4.69, 9.17) is 0 Å².